The molecule has 0 unspecified atom stereocenters. The summed E-state index contributed by atoms with van der Waals surface area (Å²) < 4.78 is 0. The lowest BCUT2D eigenvalue weighted by molar-refractivity contribution is -0.142. The van der Waals surface area contributed by atoms with E-state index in [1.54, 1.807) is 49.4 Å². The van der Waals surface area contributed by atoms with Gasteiger partial charge in [-0.25, -0.2) is 0 Å². The zero-order valence-electron chi connectivity index (χ0n) is 39.8. The number of benzene rings is 2. The lowest BCUT2D eigenvalue weighted by Gasteiger charge is -2.31. The molecule has 21 nitrogen and oxygen atoms in total. The third-order valence-electron chi connectivity index (χ3n) is 11.7. The van der Waals surface area contributed by atoms with Crippen molar-refractivity contribution in [1.82, 2.24) is 42.1 Å². The van der Waals surface area contributed by atoms with Crippen molar-refractivity contribution in [2.75, 3.05) is 24.6 Å². The van der Waals surface area contributed by atoms with Crippen LogP contribution in [0.2, 0.25) is 0 Å². The number of nitrogens with two attached hydrogens (primary N) is 2. The monoisotopic (exact) mass is 1010 g/mol. The third kappa shape index (κ3) is 17.9. The molecule has 0 aromatic heterocycles. The maximum Gasteiger partial charge on any atom is 0.246 e. The van der Waals surface area contributed by atoms with E-state index in [9.17, 15) is 53.1 Å². The van der Waals surface area contributed by atoms with Crippen molar-refractivity contribution in [2.45, 2.75) is 121 Å². The number of nitrogens with one attached hydrogen (secondary N) is 7. The number of likely N-dealkylation sites (tertiary alicyclic amines) is 1. The van der Waals surface area contributed by atoms with Crippen LogP contribution in [0.15, 0.2) is 54.6 Å². The van der Waals surface area contributed by atoms with Gasteiger partial charge < -0.3 is 58.7 Å². The smallest absolute Gasteiger partial charge is 0.246 e. The highest BCUT2D eigenvalue weighted by Crippen LogP contribution is 2.26. The van der Waals surface area contributed by atoms with Crippen LogP contribution in [-0.2, 0) is 60.8 Å². The molecule has 8 atom stereocenters. The second-order valence-corrected chi connectivity index (χ2v) is 20.5. The standard InChI is InChI=1S/C47H66N10O11S2/c1-5-27(4)40-46(67)54-33(21-28-10-7-6-8-11-28)42(63)52-34(23-37(48)59)43(64)55-35(25-70-69-19-17-39(61)51-32(44(65)56-40)22-29-13-15-30(58)16-14-29)47(68)57-18-9-12-36(57)45(66)53-31(20-26(2)3)41(62)50-24-38(49)60/h6-8,10-11,13-16,26-27,31-36,40,58H,5,9,12,17-25H2,1-4H3,(H2,48,59)(H2,49,60)(H,50,62)(H,51,61)(H,52,63)(H,53,66)(H,54,67)(H,55,64)(H,56,65)/t27-,31-,32-,33-,34-,35-,36-,40-/m0/s1. The fourth-order valence-corrected chi connectivity index (χ4v) is 9.98. The van der Waals surface area contributed by atoms with Gasteiger partial charge >= 0.3 is 0 Å². The van der Waals surface area contributed by atoms with Crippen molar-refractivity contribution >= 4 is 80.7 Å². The lowest BCUT2D eigenvalue weighted by atomic mass is 9.96. The van der Waals surface area contributed by atoms with Crippen molar-refractivity contribution in [3.63, 3.8) is 0 Å². The molecular formula is C47H66N10O11S2. The summed E-state index contributed by atoms with van der Waals surface area (Å²) in [7, 11) is 2.31. The molecule has 0 aliphatic carbocycles. The zero-order valence-corrected chi connectivity index (χ0v) is 41.5. The number of hydrogen-bond acceptors (Lipinski definition) is 13. The van der Waals surface area contributed by atoms with Gasteiger partial charge in [-0.2, -0.15) is 0 Å². The van der Waals surface area contributed by atoms with E-state index in [0.717, 1.165) is 10.8 Å². The molecule has 0 spiro atoms. The Hall–Kier alpha value is -6.36. The highest BCUT2D eigenvalue weighted by molar-refractivity contribution is 8.76. The molecule has 0 saturated carbocycles. The van der Waals surface area contributed by atoms with E-state index in [2.05, 4.69) is 37.2 Å². The van der Waals surface area contributed by atoms with Crippen molar-refractivity contribution in [1.29, 1.82) is 0 Å². The first-order valence-electron chi connectivity index (χ1n) is 23.3. The Morgan fingerprint density at radius 2 is 1.39 bits per heavy atom. The second-order valence-electron chi connectivity index (χ2n) is 17.8. The number of carbonyl (C=O) groups is 10. The Morgan fingerprint density at radius 3 is 2.01 bits per heavy atom. The molecule has 0 radical (unpaired) electrons. The fourth-order valence-electron chi connectivity index (χ4n) is 7.83. The van der Waals surface area contributed by atoms with E-state index in [1.165, 1.54) is 27.8 Å². The van der Waals surface area contributed by atoms with E-state index in [4.69, 9.17) is 11.5 Å². The molecule has 2 heterocycles. The van der Waals surface area contributed by atoms with E-state index in [1.807, 2.05) is 20.8 Å². The van der Waals surface area contributed by atoms with Crippen LogP contribution in [0.5, 0.6) is 5.75 Å². The molecule has 382 valence electrons. The molecular weight excluding hydrogens is 945 g/mol. The summed E-state index contributed by atoms with van der Waals surface area (Å²) >= 11 is 0. The van der Waals surface area contributed by atoms with E-state index in [-0.39, 0.29) is 61.8 Å². The van der Waals surface area contributed by atoms with Gasteiger partial charge in [-0.3, -0.25) is 47.9 Å². The Kier molecular flexibility index (Phi) is 22.3. The van der Waals surface area contributed by atoms with Crippen LogP contribution >= 0.6 is 21.6 Å². The predicted octanol–water partition coefficient (Wildman–Crippen LogP) is -0.569. The van der Waals surface area contributed by atoms with Gasteiger partial charge in [0.05, 0.1) is 13.0 Å². The van der Waals surface area contributed by atoms with Crippen LogP contribution in [0.3, 0.4) is 0 Å². The van der Waals surface area contributed by atoms with E-state index >= 15 is 0 Å². The number of aromatic hydroxyl groups is 1. The molecule has 23 heteroatoms. The maximum absolute atomic E-state index is 14.5. The minimum atomic E-state index is -1.65. The number of phenols is 1. The Morgan fingerprint density at radius 1 is 0.771 bits per heavy atom. The minimum absolute atomic E-state index is 0.00310. The molecule has 4 rings (SSSR count). The van der Waals surface area contributed by atoms with E-state index in [0.29, 0.717) is 24.0 Å². The lowest BCUT2D eigenvalue weighted by Crippen LogP contribution is -2.61. The normalized spacial score (nSPS) is 23.0. The number of hydrogen-bond donors (Lipinski definition) is 10. The summed E-state index contributed by atoms with van der Waals surface area (Å²) in [4.78, 5) is 137. The quantitative estimate of drug-likeness (QED) is 0.0944. The van der Waals surface area contributed by atoms with Crippen LogP contribution < -0.4 is 48.7 Å². The molecule has 2 aromatic carbocycles. The van der Waals surface area contributed by atoms with Crippen molar-refractivity contribution in [3.05, 3.63) is 65.7 Å². The van der Waals surface area contributed by atoms with Gasteiger partial charge in [0.1, 0.15) is 48.0 Å². The molecule has 10 amide bonds. The Bertz CT molecular complexity index is 2190. The van der Waals surface area contributed by atoms with Crippen LogP contribution in [-0.4, -0.2) is 136 Å². The third-order valence-corrected chi connectivity index (χ3v) is 14.2. The largest absolute Gasteiger partial charge is 0.508 e. The van der Waals surface area contributed by atoms with Crippen molar-refractivity contribution in [3.8, 4) is 5.75 Å². The highest BCUT2D eigenvalue weighted by Gasteiger charge is 2.41. The number of primary amides is 2. The van der Waals surface area contributed by atoms with Crippen LogP contribution in [0.25, 0.3) is 0 Å². The number of amides is 10. The first-order chi connectivity index (χ1) is 33.3. The molecule has 2 aliphatic rings. The molecule has 0 bridgehead atoms. The Labute approximate surface area is 415 Å². The van der Waals surface area contributed by atoms with E-state index < -0.39 is 120 Å². The molecule has 2 saturated heterocycles. The van der Waals surface area contributed by atoms with Crippen LogP contribution in [0, 0.1) is 11.8 Å². The first-order valence-corrected chi connectivity index (χ1v) is 25.8. The summed E-state index contributed by atoms with van der Waals surface area (Å²) in [5, 5.41) is 28.5. The summed E-state index contributed by atoms with van der Waals surface area (Å²) in [6.07, 6.45) is 0.318. The highest BCUT2D eigenvalue weighted by atomic mass is 33.1. The van der Waals surface area contributed by atoms with Gasteiger partial charge in [0.25, 0.3) is 0 Å². The SMILES string of the molecule is CC[C@H](C)[C@@H]1NC(=O)[C@H](Cc2ccc(O)cc2)NC(=O)CCSSC[C@@H](C(=O)N2CCC[C@H]2C(=O)N[C@@H](CC(C)C)C(=O)NCC(N)=O)NC(=O)[C@H](CC(N)=O)NC(=O)[C@H](Cc2ccccc2)NC1=O. The number of carbonyl (C=O) groups excluding carboxylic acids is 10. The van der Waals surface area contributed by atoms with Crippen LogP contribution in [0.4, 0.5) is 0 Å². The predicted molar refractivity (Wildman–Crippen MR) is 263 cm³/mol. The maximum atomic E-state index is 14.5. The average Bonchev–Trinajstić information content (AvgIpc) is 3.81. The van der Waals surface area contributed by atoms with Crippen molar-refractivity contribution < 1.29 is 53.1 Å². The zero-order chi connectivity index (χ0) is 51.5. The summed E-state index contributed by atoms with van der Waals surface area (Å²) in [5.41, 5.74) is 12.0. The summed E-state index contributed by atoms with van der Waals surface area (Å²) in [6.45, 7) is 6.87. The van der Waals surface area contributed by atoms with Gasteiger partial charge in [0.2, 0.25) is 59.1 Å². The van der Waals surface area contributed by atoms with Crippen molar-refractivity contribution in [2.24, 2.45) is 23.3 Å². The van der Waals surface area contributed by atoms with Gasteiger partial charge in [0, 0.05) is 37.3 Å². The minimum Gasteiger partial charge on any atom is -0.508 e. The Balaban J connectivity index is 1.70. The van der Waals surface area contributed by atoms with Crippen LogP contribution in [0.1, 0.15) is 77.3 Å². The molecule has 2 fully saturated rings. The number of phenolic OH excluding ortho intramolecular Hbond substituents is 1. The average molecular weight is 1010 g/mol. The number of rotatable bonds is 16. The molecule has 70 heavy (non-hydrogen) atoms. The van der Waals surface area contributed by atoms with Gasteiger partial charge in [-0.1, -0.05) is 98.2 Å². The summed E-state index contributed by atoms with van der Waals surface area (Å²) in [5.74, 6) is -8.02. The molecule has 12 N–H and O–H groups in total. The first kappa shape index (κ1) is 56.2. The second kappa shape index (κ2) is 27.7. The van der Waals surface area contributed by atoms with Gasteiger partial charge in [-0.15, -0.1) is 0 Å². The van der Waals surface area contributed by atoms with Gasteiger partial charge in [-0.05, 0) is 54.4 Å². The molecule has 2 aliphatic heterocycles. The van der Waals surface area contributed by atoms with Gasteiger partial charge in [0.15, 0.2) is 0 Å². The number of nitrogens with zero attached hydrogens (tertiary/aromatic N) is 1. The fraction of sp³-hybridized carbons (Fsp3) is 0.532. The molecule has 2 aromatic rings. The topological polar surface area (TPSA) is 330 Å². The summed E-state index contributed by atoms with van der Waals surface area (Å²) in [6, 6.07) is 5.79.